The number of para-hydroxylation sites is 2. The topological polar surface area (TPSA) is 118 Å². The highest BCUT2D eigenvalue weighted by Gasteiger charge is 2.22. The first-order chi connectivity index (χ1) is 12.1. The minimum atomic E-state index is -4.94. The van der Waals surface area contributed by atoms with Crippen LogP contribution in [0.1, 0.15) is 12.7 Å². The smallest absolute Gasteiger partial charge is 0.240 e. The third-order valence-electron chi connectivity index (χ3n) is 3.75. The molecule has 0 aliphatic heterocycles. The Balaban J connectivity index is 0.000000431. The molecular weight excluding hydrogens is 383 g/mol. The van der Waals surface area contributed by atoms with Crippen LogP contribution in [0.2, 0.25) is 5.02 Å². The summed E-state index contributed by atoms with van der Waals surface area (Å²) in [5.41, 5.74) is 1.63. The van der Waals surface area contributed by atoms with Crippen LogP contribution in [-0.2, 0) is 6.54 Å². The molecule has 1 aromatic heterocycles. The van der Waals surface area contributed by atoms with Gasteiger partial charge in [-0.25, -0.2) is 28.0 Å². The van der Waals surface area contributed by atoms with Gasteiger partial charge in [-0.2, -0.15) is 4.57 Å². The van der Waals surface area contributed by atoms with Crippen molar-refractivity contribution >= 4 is 22.5 Å². The molecule has 0 aliphatic rings. The first-order valence-electron chi connectivity index (χ1n) is 7.56. The molecule has 138 valence electrons. The quantitative estimate of drug-likeness (QED) is 0.487. The summed E-state index contributed by atoms with van der Waals surface area (Å²) in [6.07, 6.45) is 0. The molecule has 0 bridgehead atoms. The molecular formula is C17H16Cl2N2O5. The predicted molar refractivity (Wildman–Crippen MR) is 85.2 cm³/mol. The maximum absolute atomic E-state index is 12.9. The number of nitrogens with zero attached hydrogens (tertiary/aromatic N) is 2. The third-order valence-corrected chi connectivity index (χ3v) is 4.07. The lowest BCUT2D eigenvalue weighted by atomic mass is 10.2. The number of aromatic nitrogens is 2. The van der Waals surface area contributed by atoms with E-state index in [4.69, 9.17) is 30.2 Å². The lowest BCUT2D eigenvalue weighted by Crippen LogP contribution is -2.68. The van der Waals surface area contributed by atoms with Gasteiger partial charge in [0.1, 0.15) is 10.9 Å². The van der Waals surface area contributed by atoms with Gasteiger partial charge in [-0.3, -0.25) is 0 Å². The van der Waals surface area contributed by atoms with E-state index in [1.165, 1.54) is 0 Å². The van der Waals surface area contributed by atoms with Crippen molar-refractivity contribution in [3.05, 3.63) is 69.7 Å². The molecule has 0 radical (unpaired) electrons. The van der Waals surface area contributed by atoms with Crippen LogP contribution >= 0.6 is 11.6 Å². The number of hydrogen-bond donors (Lipinski definition) is 0. The third kappa shape index (κ3) is 4.59. The van der Waals surface area contributed by atoms with Crippen molar-refractivity contribution in [1.29, 1.82) is 0 Å². The van der Waals surface area contributed by atoms with E-state index >= 15 is 0 Å². The molecule has 0 N–H and O–H groups in total. The standard InChI is InChI=1S/C17H16ClN2O.ClHO4/c1-3-19-12(2)20(16-11-7-5-9-14(16)18)17(21)13-8-4-6-10-15(13)19;2-1(3,4)5/h4-11H,3H2,1-2H3;(H,2,3,4,5)/q+1;/p-1. The van der Waals surface area contributed by atoms with E-state index in [2.05, 4.69) is 11.5 Å². The Morgan fingerprint density at radius 1 is 1.04 bits per heavy atom. The van der Waals surface area contributed by atoms with Crippen LogP contribution in [-0.4, -0.2) is 4.57 Å². The van der Waals surface area contributed by atoms with Gasteiger partial charge in [-0.15, -0.1) is 10.2 Å². The van der Waals surface area contributed by atoms with Crippen molar-refractivity contribution in [2.75, 3.05) is 0 Å². The second-order valence-electron chi connectivity index (χ2n) is 5.28. The Morgan fingerprint density at radius 2 is 1.58 bits per heavy atom. The maximum Gasteiger partial charge on any atom is 0.350 e. The van der Waals surface area contributed by atoms with Crippen LogP contribution in [0.15, 0.2) is 53.3 Å². The largest absolute Gasteiger partial charge is 0.350 e. The molecule has 7 nitrogen and oxygen atoms in total. The van der Waals surface area contributed by atoms with E-state index in [-0.39, 0.29) is 5.56 Å². The lowest BCUT2D eigenvalue weighted by molar-refractivity contribution is -2.00. The van der Waals surface area contributed by atoms with E-state index in [1.807, 2.05) is 49.4 Å². The SMILES string of the molecule is CC[n+]1c(C)n(-c2ccccc2Cl)c(=O)c2ccccc21.[O-][Cl+3]([O-])([O-])[O-]. The van der Waals surface area contributed by atoms with Gasteiger partial charge in [0.05, 0.1) is 11.6 Å². The molecule has 1 heterocycles. The van der Waals surface area contributed by atoms with Crippen molar-refractivity contribution in [3.63, 3.8) is 0 Å². The Labute approximate surface area is 156 Å². The predicted octanol–water partition coefficient (Wildman–Crippen LogP) is -1.50. The molecule has 0 aliphatic carbocycles. The summed E-state index contributed by atoms with van der Waals surface area (Å²) in [5, 5.41) is 1.27. The monoisotopic (exact) mass is 398 g/mol. The number of rotatable bonds is 2. The number of hydrogen-bond acceptors (Lipinski definition) is 5. The average molecular weight is 399 g/mol. The normalized spacial score (nSPS) is 11.2. The Bertz CT molecular complexity index is 977. The van der Waals surface area contributed by atoms with Crippen molar-refractivity contribution < 1.29 is 33.4 Å². The van der Waals surface area contributed by atoms with Gasteiger partial charge in [0.15, 0.2) is 5.69 Å². The van der Waals surface area contributed by atoms with Gasteiger partial charge in [-0.1, -0.05) is 35.9 Å². The van der Waals surface area contributed by atoms with Crippen LogP contribution in [0.4, 0.5) is 0 Å². The van der Waals surface area contributed by atoms with Crippen LogP contribution in [0.25, 0.3) is 16.6 Å². The number of benzene rings is 2. The maximum atomic E-state index is 12.9. The van der Waals surface area contributed by atoms with Gasteiger partial charge in [0.25, 0.3) is 5.82 Å². The number of aryl methyl sites for hydroxylation is 1. The summed E-state index contributed by atoms with van der Waals surface area (Å²) in [7, 11) is -4.94. The minimum absolute atomic E-state index is 0.0408. The fraction of sp³-hybridized carbons (Fsp3) is 0.176. The molecule has 9 heteroatoms. The highest BCUT2D eigenvalue weighted by molar-refractivity contribution is 6.32. The van der Waals surface area contributed by atoms with Gasteiger partial charge in [0, 0.05) is 6.92 Å². The Hall–Kier alpha value is -2.00. The molecule has 26 heavy (non-hydrogen) atoms. The molecule has 2 aromatic carbocycles. The summed E-state index contributed by atoms with van der Waals surface area (Å²) in [6.45, 7) is 4.80. The first-order valence-corrected chi connectivity index (χ1v) is 9.17. The zero-order valence-electron chi connectivity index (χ0n) is 14.0. The highest BCUT2D eigenvalue weighted by Crippen LogP contribution is 2.20. The van der Waals surface area contributed by atoms with Crippen molar-refractivity contribution in [2.24, 2.45) is 0 Å². The van der Waals surface area contributed by atoms with Crippen LogP contribution in [0.5, 0.6) is 0 Å². The van der Waals surface area contributed by atoms with E-state index in [0.717, 1.165) is 23.6 Å². The molecule has 0 saturated carbocycles. The fourth-order valence-corrected chi connectivity index (χ4v) is 2.99. The molecule has 0 unspecified atom stereocenters. The van der Waals surface area contributed by atoms with Crippen LogP contribution in [0.3, 0.4) is 0 Å². The molecule has 0 saturated heterocycles. The molecule has 3 rings (SSSR count). The molecule has 3 aromatic rings. The van der Waals surface area contributed by atoms with E-state index in [1.54, 1.807) is 10.6 Å². The molecule has 0 amide bonds. The summed E-state index contributed by atoms with van der Waals surface area (Å²) < 4.78 is 37.8. The lowest BCUT2D eigenvalue weighted by Gasteiger charge is -2.17. The zero-order chi connectivity index (χ0) is 19.5. The first kappa shape index (κ1) is 20.3. The Morgan fingerprint density at radius 3 is 2.15 bits per heavy atom. The van der Waals surface area contributed by atoms with Gasteiger partial charge < -0.3 is 0 Å². The van der Waals surface area contributed by atoms with Crippen molar-refractivity contribution in [3.8, 4) is 5.69 Å². The van der Waals surface area contributed by atoms with E-state index in [9.17, 15) is 4.79 Å². The van der Waals surface area contributed by atoms with Crippen molar-refractivity contribution in [2.45, 2.75) is 20.4 Å². The van der Waals surface area contributed by atoms with Crippen LogP contribution < -0.4 is 28.8 Å². The van der Waals surface area contributed by atoms with Crippen LogP contribution in [0, 0.1) is 17.2 Å². The molecule has 0 spiro atoms. The van der Waals surface area contributed by atoms with Gasteiger partial charge in [0.2, 0.25) is 0 Å². The molecule has 0 atom stereocenters. The fourth-order valence-electron chi connectivity index (χ4n) is 2.77. The summed E-state index contributed by atoms with van der Waals surface area (Å²) in [4.78, 5) is 12.9. The van der Waals surface area contributed by atoms with E-state index < -0.39 is 10.2 Å². The average Bonchev–Trinajstić information content (AvgIpc) is 2.56. The van der Waals surface area contributed by atoms with Crippen molar-refractivity contribution in [1.82, 2.24) is 4.57 Å². The van der Waals surface area contributed by atoms with Gasteiger partial charge >= 0.3 is 5.56 Å². The molecule has 0 fully saturated rings. The second kappa shape index (κ2) is 8.13. The summed E-state index contributed by atoms with van der Waals surface area (Å²) in [5.74, 6) is 0.870. The zero-order valence-corrected chi connectivity index (χ0v) is 15.5. The second-order valence-corrected chi connectivity index (χ2v) is 6.44. The highest BCUT2D eigenvalue weighted by atomic mass is 35.7. The van der Waals surface area contributed by atoms with E-state index in [0.29, 0.717) is 10.4 Å². The number of fused-ring (bicyclic) bond motifs is 1. The summed E-state index contributed by atoms with van der Waals surface area (Å²) >= 11 is 6.28. The van der Waals surface area contributed by atoms with Gasteiger partial charge in [-0.05, 0) is 31.2 Å². The number of halogens is 2. The minimum Gasteiger partial charge on any atom is -0.240 e. The Kier molecular flexibility index (Phi) is 6.35. The summed E-state index contributed by atoms with van der Waals surface area (Å²) in [6, 6.07) is 15.1.